The number of benzene rings is 1. The van der Waals surface area contributed by atoms with E-state index in [1.54, 1.807) is 0 Å². The first kappa shape index (κ1) is 43.8. The molecule has 2 unspecified atom stereocenters. The van der Waals surface area contributed by atoms with E-state index in [1.165, 1.54) is 47.5 Å². The average molecular weight is 769 g/mol. The van der Waals surface area contributed by atoms with E-state index in [9.17, 15) is 23.4 Å². The van der Waals surface area contributed by atoms with Crippen LogP contribution in [0.5, 0.6) is 0 Å². The summed E-state index contributed by atoms with van der Waals surface area (Å²) >= 11 is 0. The molecule has 53 heavy (non-hydrogen) atoms. The van der Waals surface area contributed by atoms with E-state index in [4.69, 9.17) is 18.5 Å². The summed E-state index contributed by atoms with van der Waals surface area (Å²) < 4.78 is 67.8. The summed E-state index contributed by atoms with van der Waals surface area (Å²) in [5.41, 5.74) is -2.39. The molecule has 17 heteroatoms. The third kappa shape index (κ3) is 17.0. The zero-order valence-electron chi connectivity index (χ0n) is 31.0. The first-order chi connectivity index (χ1) is 25.6. The summed E-state index contributed by atoms with van der Waals surface area (Å²) in [7, 11) is -5.18. The van der Waals surface area contributed by atoms with Gasteiger partial charge in [-0.15, -0.1) is 0 Å². The molecule has 0 aliphatic heterocycles. The molecule has 296 valence electrons. The molecule has 0 amide bonds. The van der Waals surface area contributed by atoms with E-state index in [-0.39, 0.29) is 18.4 Å². The maximum atomic E-state index is 15.5. The Morgan fingerprint density at radius 2 is 1.32 bits per heavy atom. The Balaban J connectivity index is 1.73. The van der Waals surface area contributed by atoms with E-state index >= 15 is 4.39 Å². The van der Waals surface area contributed by atoms with Gasteiger partial charge in [-0.25, -0.2) is 32.7 Å². The molecular formula is C36H55F2N6O8P. The second-order valence-corrected chi connectivity index (χ2v) is 14.6. The number of phosphoric acid groups is 1. The van der Waals surface area contributed by atoms with Gasteiger partial charge >= 0.3 is 19.8 Å². The predicted octanol–water partition coefficient (Wildman–Crippen LogP) is 7.61. The second kappa shape index (κ2) is 23.9. The minimum absolute atomic E-state index is 0.103. The molecule has 0 radical (unpaired) electrons. The minimum atomic E-state index is -5.18. The summed E-state index contributed by atoms with van der Waals surface area (Å²) in [5.74, 6) is -3.03. The van der Waals surface area contributed by atoms with E-state index in [0.29, 0.717) is 18.9 Å². The van der Waals surface area contributed by atoms with Crippen molar-refractivity contribution in [2.45, 2.75) is 141 Å². The molecular weight excluding hydrogens is 713 g/mol. The molecule has 0 aliphatic carbocycles. The van der Waals surface area contributed by atoms with Gasteiger partial charge in [0.25, 0.3) is 0 Å². The van der Waals surface area contributed by atoms with Gasteiger partial charge in [-0.05, 0) is 18.9 Å². The summed E-state index contributed by atoms with van der Waals surface area (Å²) in [6, 6.07) is 2.67. The molecule has 14 nitrogen and oxygen atoms in total. The highest BCUT2D eigenvalue weighted by molar-refractivity contribution is 7.47. The zero-order chi connectivity index (χ0) is 38.4. The van der Waals surface area contributed by atoms with Gasteiger partial charge in [0.15, 0.2) is 6.10 Å². The van der Waals surface area contributed by atoms with Crippen LogP contribution >= 0.6 is 7.82 Å². The Kier molecular flexibility index (Phi) is 19.8. The molecule has 0 aliphatic rings. The van der Waals surface area contributed by atoms with E-state index in [1.807, 2.05) is 0 Å². The van der Waals surface area contributed by atoms with Crippen LogP contribution in [0.25, 0.3) is 0 Å². The standard InChI is InChI=1S/C36H55F2N6O8P/c1-3-5-7-9-11-13-15-17-34(45)49-22-31(51-35(46)18-16-14-12-10-8-6-4-2)23-50-53(47,48)52-36(24-43-28-39-26-41-43,25-44-29-40-27-42-44)32-20-19-30(37)21-33(32)38/h19-21,26-29,31H,3-18,22-25H2,1-2H3,(H,47,48). The number of esters is 2. The van der Waals surface area contributed by atoms with Crippen molar-refractivity contribution in [3.8, 4) is 0 Å². The molecule has 1 N–H and O–H groups in total. The molecule has 2 aromatic heterocycles. The maximum absolute atomic E-state index is 15.5. The van der Waals surface area contributed by atoms with E-state index in [0.717, 1.165) is 76.3 Å². The number of phosphoric ester groups is 1. The van der Waals surface area contributed by atoms with Crippen LogP contribution in [0.1, 0.15) is 122 Å². The lowest BCUT2D eigenvalue weighted by Gasteiger charge is -2.35. The van der Waals surface area contributed by atoms with E-state index < -0.39 is 69.4 Å². The van der Waals surface area contributed by atoms with Crippen LogP contribution in [0.15, 0.2) is 43.5 Å². The Hall–Kier alpha value is -3.59. The molecule has 0 fully saturated rings. The SMILES string of the molecule is CCCCCCCCCC(=O)OCC(COP(=O)(O)OC(Cn1cncn1)(Cn1cncn1)c1ccc(F)cc1F)OC(=O)CCCCCCCCC. The molecule has 0 saturated carbocycles. The topological polar surface area (TPSA) is 170 Å². The van der Waals surface area contributed by atoms with Crippen molar-refractivity contribution in [1.29, 1.82) is 0 Å². The van der Waals surface area contributed by atoms with Gasteiger partial charge in [0.05, 0.1) is 19.7 Å². The Morgan fingerprint density at radius 1 is 0.792 bits per heavy atom. The van der Waals surface area contributed by atoms with Gasteiger partial charge in [-0.3, -0.25) is 18.6 Å². The van der Waals surface area contributed by atoms with Crippen molar-refractivity contribution in [2.75, 3.05) is 13.2 Å². The molecule has 0 spiro atoms. The molecule has 1 aromatic carbocycles. The van der Waals surface area contributed by atoms with Crippen molar-refractivity contribution >= 4 is 19.8 Å². The highest BCUT2D eigenvalue weighted by Gasteiger charge is 2.45. The van der Waals surface area contributed by atoms with Crippen molar-refractivity contribution in [2.24, 2.45) is 0 Å². The summed E-state index contributed by atoms with van der Waals surface area (Å²) in [4.78, 5) is 44.3. The Bertz CT molecular complexity index is 1480. The van der Waals surface area contributed by atoms with Crippen LogP contribution < -0.4 is 0 Å². The smallest absolute Gasteiger partial charge is 0.462 e. The van der Waals surface area contributed by atoms with Crippen LogP contribution in [0.2, 0.25) is 0 Å². The Labute approximate surface area is 310 Å². The summed E-state index contributed by atoms with van der Waals surface area (Å²) in [6.45, 7) is 2.39. The maximum Gasteiger partial charge on any atom is 0.473 e. The van der Waals surface area contributed by atoms with E-state index in [2.05, 4.69) is 34.0 Å². The lowest BCUT2D eigenvalue weighted by atomic mass is 9.93. The number of unbranched alkanes of at least 4 members (excludes halogenated alkanes) is 12. The van der Waals surface area contributed by atoms with Crippen molar-refractivity contribution in [3.05, 3.63) is 60.7 Å². The number of ether oxygens (including phenoxy) is 2. The molecule has 3 rings (SSSR count). The lowest BCUT2D eigenvalue weighted by molar-refractivity contribution is -0.161. The van der Waals surface area contributed by atoms with Gasteiger partial charge in [0, 0.05) is 24.5 Å². The van der Waals surface area contributed by atoms with Crippen molar-refractivity contribution in [3.63, 3.8) is 0 Å². The fourth-order valence-electron chi connectivity index (χ4n) is 5.83. The zero-order valence-corrected chi connectivity index (χ0v) is 31.8. The number of aromatic nitrogens is 6. The Morgan fingerprint density at radius 3 is 1.83 bits per heavy atom. The third-order valence-electron chi connectivity index (χ3n) is 8.60. The average Bonchev–Trinajstić information content (AvgIpc) is 3.83. The van der Waals surface area contributed by atoms with Crippen LogP contribution in [0.4, 0.5) is 8.78 Å². The molecule has 2 heterocycles. The number of carbonyl (C=O) groups excluding carboxylic acids is 2. The summed E-state index contributed by atoms with van der Waals surface area (Å²) in [6.07, 6.45) is 18.1. The molecule has 0 bridgehead atoms. The minimum Gasteiger partial charge on any atom is -0.462 e. The monoisotopic (exact) mass is 768 g/mol. The molecule has 0 saturated heterocycles. The van der Waals surface area contributed by atoms with Gasteiger partial charge in [0.1, 0.15) is 49.2 Å². The van der Waals surface area contributed by atoms with Gasteiger partial charge in [-0.2, -0.15) is 10.2 Å². The van der Waals surface area contributed by atoms with Crippen molar-refractivity contribution in [1.82, 2.24) is 29.5 Å². The number of nitrogens with zero attached hydrogens (tertiary/aromatic N) is 6. The second-order valence-electron chi connectivity index (χ2n) is 13.2. The lowest BCUT2D eigenvalue weighted by Crippen LogP contribution is -2.40. The van der Waals surface area contributed by atoms with Crippen LogP contribution in [-0.4, -0.2) is 65.7 Å². The highest BCUT2D eigenvalue weighted by atomic mass is 31.2. The predicted molar refractivity (Wildman–Crippen MR) is 191 cm³/mol. The van der Waals surface area contributed by atoms with Crippen LogP contribution in [-0.2, 0) is 51.4 Å². The number of carbonyl (C=O) groups is 2. The number of halogens is 2. The quantitative estimate of drug-likeness (QED) is 0.0417. The van der Waals surface area contributed by atoms with Crippen LogP contribution in [0.3, 0.4) is 0 Å². The molecule has 3 aromatic rings. The van der Waals surface area contributed by atoms with Gasteiger partial charge < -0.3 is 14.4 Å². The molecule has 2 atom stereocenters. The number of hydrogen-bond donors (Lipinski definition) is 1. The van der Waals surface area contributed by atoms with Crippen molar-refractivity contribution < 1.29 is 46.3 Å². The largest absolute Gasteiger partial charge is 0.473 e. The van der Waals surface area contributed by atoms with Crippen LogP contribution in [0, 0.1) is 11.6 Å². The highest BCUT2D eigenvalue weighted by Crippen LogP contribution is 2.52. The third-order valence-corrected chi connectivity index (χ3v) is 9.66. The first-order valence-electron chi connectivity index (χ1n) is 18.7. The summed E-state index contributed by atoms with van der Waals surface area (Å²) in [5, 5.41) is 8.08. The normalized spacial score (nSPS) is 13.5. The van der Waals surface area contributed by atoms with Gasteiger partial charge in [0.2, 0.25) is 0 Å². The van der Waals surface area contributed by atoms with Gasteiger partial charge in [-0.1, -0.05) is 97.0 Å². The first-order valence-corrected chi connectivity index (χ1v) is 20.2. The number of rotatable bonds is 29. The number of hydrogen-bond acceptors (Lipinski definition) is 11. The fraction of sp³-hybridized carbons (Fsp3) is 0.667. The fourth-order valence-corrected chi connectivity index (χ4v) is 6.90.